The smallest absolute Gasteiger partial charge is 0.311 e. The third-order valence-electron chi connectivity index (χ3n) is 3.57. The summed E-state index contributed by atoms with van der Waals surface area (Å²) in [5.74, 6) is -1.20. The lowest BCUT2D eigenvalue weighted by Crippen LogP contribution is -2.17. The highest BCUT2D eigenvalue weighted by molar-refractivity contribution is 6.07. The number of amides is 1. The van der Waals surface area contributed by atoms with Crippen LogP contribution in [0.15, 0.2) is 28.9 Å². The van der Waals surface area contributed by atoms with Crippen LogP contribution in [0, 0.1) is 13.8 Å². The van der Waals surface area contributed by atoms with Crippen molar-refractivity contribution in [3.05, 3.63) is 52.5 Å². The normalized spacial score (nSPS) is 10.5. The number of nitrogens with one attached hydrogen (secondary N) is 1. The van der Waals surface area contributed by atoms with Crippen molar-refractivity contribution in [2.24, 2.45) is 0 Å². The minimum Gasteiger partial charge on any atom is -0.481 e. The van der Waals surface area contributed by atoms with E-state index in [1.54, 1.807) is 6.92 Å². The molecule has 1 aromatic heterocycles. The molecular formula is C17H19NO4. The maximum absolute atomic E-state index is 12.6. The second-order valence-electron chi connectivity index (χ2n) is 5.20. The van der Waals surface area contributed by atoms with Gasteiger partial charge in [-0.2, -0.15) is 0 Å². The molecule has 0 aliphatic rings. The zero-order chi connectivity index (χ0) is 16.3. The fraction of sp³-hybridized carbons (Fsp3) is 0.294. The standard InChI is InChI=1S/C17H19NO4/c1-4-12-7-5-6-10(2)16(12)18-17(21)15-11(3)9-22-13(15)8-14(19)20/h5-7,9H,4,8H2,1-3H3,(H,18,21)(H,19,20). The predicted molar refractivity (Wildman–Crippen MR) is 83.3 cm³/mol. The number of hydrogen-bond acceptors (Lipinski definition) is 3. The lowest BCUT2D eigenvalue weighted by atomic mass is 10.0. The van der Waals surface area contributed by atoms with Gasteiger partial charge in [0.1, 0.15) is 12.2 Å². The number of aryl methyl sites for hydroxylation is 3. The molecular weight excluding hydrogens is 282 g/mol. The van der Waals surface area contributed by atoms with E-state index < -0.39 is 5.97 Å². The Morgan fingerprint density at radius 2 is 1.95 bits per heavy atom. The Balaban J connectivity index is 2.35. The summed E-state index contributed by atoms with van der Waals surface area (Å²) in [6.07, 6.45) is 1.89. The summed E-state index contributed by atoms with van der Waals surface area (Å²) in [4.78, 5) is 23.4. The first-order valence-corrected chi connectivity index (χ1v) is 7.12. The van der Waals surface area contributed by atoms with E-state index >= 15 is 0 Å². The van der Waals surface area contributed by atoms with E-state index in [0.717, 1.165) is 23.2 Å². The molecule has 0 fully saturated rings. The number of carbonyl (C=O) groups is 2. The first-order valence-electron chi connectivity index (χ1n) is 7.12. The van der Waals surface area contributed by atoms with Gasteiger partial charge in [0.15, 0.2) is 0 Å². The van der Waals surface area contributed by atoms with Crippen molar-refractivity contribution >= 4 is 17.6 Å². The summed E-state index contributed by atoms with van der Waals surface area (Å²) in [5, 5.41) is 11.8. The Morgan fingerprint density at radius 1 is 1.23 bits per heavy atom. The monoisotopic (exact) mass is 301 g/mol. The number of carboxylic acid groups (broad SMARTS) is 1. The van der Waals surface area contributed by atoms with Gasteiger partial charge in [0.2, 0.25) is 0 Å². The molecule has 2 rings (SSSR count). The van der Waals surface area contributed by atoms with Crippen LogP contribution in [0.3, 0.4) is 0 Å². The number of anilines is 1. The van der Waals surface area contributed by atoms with Crippen LogP contribution in [0.1, 0.15) is 39.7 Å². The molecule has 0 saturated heterocycles. The lowest BCUT2D eigenvalue weighted by molar-refractivity contribution is -0.136. The zero-order valence-corrected chi connectivity index (χ0v) is 12.9. The third-order valence-corrected chi connectivity index (χ3v) is 3.57. The van der Waals surface area contributed by atoms with Crippen LogP contribution in [0.5, 0.6) is 0 Å². The van der Waals surface area contributed by atoms with Crippen LogP contribution in [-0.2, 0) is 17.6 Å². The predicted octanol–water partition coefficient (Wildman–Crippen LogP) is 3.34. The van der Waals surface area contributed by atoms with Crippen molar-refractivity contribution in [2.75, 3.05) is 5.32 Å². The molecule has 1 aromatic carbocycles. The van der Waals surface area contributed by atoms with Crippen LogP contribution in [0.2, 0.25) is 0 Å². The minimum atomic E-state index is -1.03. The maximum atomic E-state index is 12.6. The largest absolute Gasteiger partial charge is 0.481 e. The molecule has 0 atom stereocenters. The van der Waals surface area contributed by atoms with Crippen molar-refractivity contribution in [1.82, 2.24) is 0 Å². The van der Waals surface area contributed by atoms with Gasteiger partial charge < -0.3 is 14.8 Å². The average molecular weight is 301 g/mol. The van der Waals surface area contributed by atoms with Crippen LogP contribution >= 0.6 is 0 Å². The fourth-order valence-corrected chi connectivity index (χ4v) is 2.45. The number of rotatable bonds is 5. The van der Waals surface area contributed by atoms with Gasteiger partial charge in [-0.15, -0.1) is 0 Å². The molecule has 0 aliphatic carbocycles. The van der Waals surface area contributed by atoms with E-state index in [0.29, 0.717) is 11.1 Å². The molecule has 2 aromatic rings. The molecule has 0 radical (unpaired) electrons. The van der Waals surface area contributed by atoms with Crippen molar-refractivity contribution in [2.45, 2.75) is 33.6 Å². The molecule has 1 heterocycles. The molecule has 116 valence electrons. The number of furan rings is 1. The van der Waals surface area contributed by atoms with Crippen molar-refractivity contribution < 1.29 is 19.1 Å². The van der Waals surface area contributed by atoms with Gasteiger partial charge in [-0.25, -0.2) is 0 Å². The zero-order valence-electron chi connectivity index (χ0n) is 12.9. The van der Waals surface area contributed by atoms with Crippen LogP contribution in [-0.4, -0.2) is 17.0 Å². The molecule has 5 heteroatoms. The van der Waals surface area contributed by atoms with Gasteiger partial charge in [0.05, 0.1) is 11.8 Å². The van der Waals surface area contributed by atoms with Gasteiger partial charge in [0.25, 0.3) is 5.91 Å². The highest BCUT2D eigenvalue weighted by Gasteiger charge is 2.21. The Hall–Kier alpha value is -2.56. The second-order valence-corrected chi connectivity index (χ2v) is 5.20. The third kappa shape index (κ3) is 3.19. The van der Waals surface area contributed by atoms with E-state index in [1.807, 2.05) is 32.0 Å². The van der Waals surface area contributed by atoms with E-state index in [1.165, 1.54) is 6.26 Å². The molecule has 1 amide bonds. The Kier molecular flexibility index (Phi) is 4.65. The van der Waals surface area contributed by atoms with E-state index in [4.69, 9.17) is 9.52 Å². The maximum Gasteiger partial charge on any atom is 0.311 e. The summed E-state index contributed by atoms with van der Waals surface area (Å²) < 4.78 is 5.21. The Morgan fingerprint density at radius 3 is 2.59 bits per heavy atom. The highest BCUT2D eigenvalue weighted by Crippen LogP contribution is 2.24. The molecule has 0 unspecified atom stereocenters. The summed E-state index contributed by atoms with van der Waals surface area (Å²) >= 11 is 0. The van der Waals surface area contributed by atoms with Crippen molar-refractivity contribution in [3.8, 4) is 0 Å². The lowest BCUT2D eigenvalue weighted by Gasteiger charge is -2.13. The minimum absolute atomic E-state index is 0.175. The van der Waals surface area contributed by atoms with Crippen LogP contribution in [0.4, 0.5) is 5.69 Å². The number of benzene rings is 1. The van der Waals surface area contributed by atoms with Crippen molar-refractivity contribution in [1.29, 1.82) is 0 Å². The number of aliphatic carboxylic acids is 1. The number of para-hydroxylation sites is 1. The van der Waals surface area contributed by atoms with Crippen LogP contribution < -0.4 is 5.32 Å². The van der Waals surface area contributed by atoms with Gasteiger partial charge in [0, 0.05) is 11.3 Å². The summed E-state index contributed by atoms with van der Waals surface area (Å²) in [6.45, 7) is 5.67. The summed E-state index contributed by atoms with van der Waals surface area (Å²) in [5.41, 5.74) is 3.70. The first kappa shape index (κ1) is 15.8. The molecule has 5 nitrogen and oxygen atoms in total. The Labute approximate surface area is 129 Å². The fourth-order valence-electron chi connectivity index (χ4n) is 2.45. The topological polar surface area (TPSA) is 79.5 Å². The highest BCUT2D eigenvalue weighted by atomic mass is 16.4. The van der Waals surface area contributed by atoms with Crippen molar-refractivity contribution in [3.63, 3.8) is 0 Å². The molecule has 2 N–H and O–H groups in total. The molecule has 0 spiro atoms. The summed E-state index contributed by atoms with van der Waals surface area (Å²) in [7, 11) is 0. The van der Waals surface area contributed by atoms with E-state index in [2.05, 4.69) is 5.32 Å². The molecule has 0 bridgehead atoms. The molecule has 0 saturated carbocycles. The van der Waals surface area contributed by atoms with Gasteiger partial charge in [-0.3, -0.25) is 9.59 Å². The quantitative estimate of drug-likeness (QED) is 0.887. The molecule has 0 aliphatic heterocycles. The van der Waals surface area contributed by atoms with Gasteiger partial charge in [-0.1, -0.05) is 25.1 Å². The van der Waals surface area contributed by atoms with Gasteiger partial charge >= 0.3 is 5.97 Å². The number of carboxylic acids is 1. The van der Waals surface area contributed by atoms with E-state index in [-0.39, 0.29) is 18.1 Å². The second kappa shape index (κ2) is 6.47. The number of carbonyl (C=O) groups excluding carboxylic acids is 1. The average Bonchev–Trinajstić information content (AvgIpc) is 2.81. The van der Waals surface area contributed by atoms with Gasteiger partial charge in [-0.05, 0) is 31.4 Å². The van der Waals surface area contributed by atoms with E-state index in [9.17, 15) is 9.59 Å². The summed E-state index contributed by atoms with van der Waals surface area (Å²) in [6, 6.07) is 5.83. The molecule has 22 heavy (non-hydrogen) atoms. The number of hydrogen-bond donors (Lipinski definition) is 2. The SMILES string of the molecule is CCc1cccc(C)c1NC(=O)c1c(C)coc1CC(=O)O. The van der Waals surface area contributed by atoms with Crippen LogP contribution in [0.25, 0.3) is 0 Å². The Bertz CT molecular complexity index is 715. The first-order chi connectivity index (χ1) is 10.4.